The number of amides is 1. The molecule has 1 aromatic carbocycles. The first-order valence-corrected chi connectivity index (χ1v) is 7.23. The van der Waals surface area contributed by atoms with Gasteiger partial charge in [0.05, 0.1) is 6.10 Å². The summed E-state index contributed by atoms with van der Waals surface area (Å²) < 4.78 is 5.55. The maximum atomic E-state index is 12.3. The summed E-state index contributed by atoms with van der Waals surface area (Å²) in [6.45, 7) is 5.05. The molecule has 2 rings (SSSR count). The molecule has 0 aromatic heterocycles. The molecule has 1 atom stereocenters. The van der Waals surface area contributed by atoms with Crippen molar-refractivity contribution in [1.82, 2.24) is 4.90 Å². The lowest BCUT2D eigenvalue weighted by Gasteiger charge is -2.17. The summed E-state index contributed by atoms with van der Waals surface area (Å²) in [6.07, 6.45) is 0.985. The van der Waals surface area contributed by atoms with E-state index in [1.807, 2.05) is 13.8 Å². The molecule has 5 nitrogen and oxygen atoms in total. The molecule has 0 saturated carbocycles. The average Bonchev–Trinajstić information content (AvgIpc) is 2.85. The monoisotopic (exact) mass is 291 g/mol. The van der Waals surface area contributed by atoms with Crippen molar-refractivity contribution < 1.29 is 19.4 Å². The summed E-state index contributed by atoms with van der Waals surface area (Å²) in [7, 11) is 0. The van der Waals surface area contributed by atoms with Gasteiger partial charge in [-0.15, -0.1) is 0 Å². The summed E-state index contributed by atoms with van der Waals surface area (Å²) >= 11 is 0. The molecule has 114 valence electrons. The number of carbonyl (C=O) groups is 2. The molecule has 0 aliphatic carbocycles. The zero-order valence-electron chi connectivity index (χ0n) is 12.4. The summed E-state index contributed by atoms with van der Waals surface area (Å²) in [4.78, 5) is 24.8. The van der Waals surface area contributed by atoms with E-state index in [4.69, 9.17) is 9.84 Å². The zero-order valence-corrected chi connectivity index (χ0v) is 12.4. The molecule has 1 unspecified atom stereocenters. The zero-order chi connectivity index (χ0) is 15.4. The Morgan fingerprint density at radius 2 is 2.00 bits per heavy atom. The minimum atomic E-state index is -0.801. The van der Waals surface area contributed by atoms with E-state index in [0.29, 0.717) is 18.7 Å². The van der Waals surface area contributed by atoms with E-state index >= 15 is 0 Å². The van der Waals surface area contributed by atoms with E-state index in [9.17, 15) is 9.59 Å². The van der Waals surface area contributed by atoms with Crippen LogP contribution in [0.4, 0.5) is 0 Å². The molecule has 0 radical (unpaired) electrons. The Morgan fingerprint density at radius 1 is 1.33 bits per heavy atom. The van der Waals surface area contributed by atoms with Crippen LogP contribution in [0, 0.1) is 5.92 Å². The Kier molecular flexibility index (Phi) is 4.83. The van der Waals surface area contributed by atoms with Gasteiger partial charge >= 0.3 is 5.97 Å². The second kappa shape index (κ2) is 6.61. The van der Waals surface area contributed by atoms with Crippen LogP contribution >= 0.6 is 0 Å². The predicted molar refractivity (Wildman–Crippen MR) is 78.5 cm³/mol. The molecule has 1 amide bonds. The number of benzene rings is 1. The molecular formula is C16H21NO4. The fourth-order valence-corrected chi connectivity index (χ4v) is 2.56. The Balaban J connectivity index is 1.96. The number of carboxylic acids is 1. The third-order valence-corrected chi connectivity index (χ3v) is 3.51. The van der Waals surface area contributed by atoms with Crippen LogP contribution in [0.3, 0.4) is 0 Å². The van der Waals surface area contributed by atoms with Crippen molar-refractivity contribution >= 4 is 11.9 Å². The number of nitrogens with zero attached hydrogens (tertiary/aromatic N) is 1. The van der Waals surface area contributed by atoms with Gasteiger partial charge in [0, 0.05) is 25.1 Å². The lowest BCUT2D eigenvalue weighted by molar-refractivity contribution is -0.138. The number of carboxylic acid groups (broad SMARTS) is 1. The Morgan fingerprint density at radius 3 is 2.57 bits per heavy atom. The van der Waals surface area contributed by atoms with Crippen LogP contribution in [-0.4, -0.2) is 41.1 Å². The van der Waals surface area contributed by atoms with Gasteiger partial charge < -0.3 is 14.7 Å². The van der Waals surface area contributed by atoms with Gasteiger partial charge in [0.2, 0.25) is 0 Å². The first-order valence-electron chi connectivity index (χ1n) is 7.23. The minimum absolute atomic E-state index is 0.0426. The molecule has 1 fully saturated rings. The number of carbonyl (C=O) groups excluding carboxylic acids is 1. The molecule has 0 spiro atoms. The fraction of sp³-hybridized carbons (Fsp3) is 0.500. The van der Waals surface area contributed by atoms with Gasteiger partial charge in [-0.1, -0.05) is 0 Å². The van der Waals surface area contributed by atoms with Gasteiger partial charge in [-0.2, -0.15) is 0 Å². The highest BCUT2D eigenvalue weighted by Crippen LogP contribution is 2.22. The number of rotatable bonds is 5. The molecular weight excluding hydrogens is 270 g/mol. The lowest BCUT2D eigenvalue weighted by atomic mass is 10.1. The second-order valence-corrected chi connectivity index (χ2v) is 5.69. The summed E-state index contributed by atoms with van der Waals surface area (Å²) in [5.41, 5.74) is 0.613. The van der Waals surface area contributed by atoms with Gasteiger partial charge in [0.15, 0.2) is 0 Å². The maximum absolute atomic E-state index is 12.3. The highest BCUT2D eigenvalue weighted by molar-refractivity contribution is 5.94. The van der Waals surface area contributed by atoms with Crippen LogP contribution in [0.25, 0.3) is 0 Å². The van der Waals surface area contributed by atoms with Crippen molar-refractivity contribution in [3.63, 3.8) is 0 Å². The van der Waals surface area contributed by atoms with E-state index in [2.05, 4.69) is 0 Å². The molecule has 1 N–H and O–H groups in total. The van der Waals surface area contributed by atoms with Crippen LogP contribution < -0.4 is 4.74 Å². The normalized spacial score (nSPS) is 18.0. The first-order chi connectivity index (χ1) is 9.95. The van der Waals surface area contributed by atoms with Gasteiger partial charge in [-0.05, 0) is 50.5 Å². The van der Waals surface area contributed by atoms with Crippen LogP contribution in [0.2, 0.25) is 0 Å². The summed E-state index contributed by atoms with van der Waals surface area (Å²) in [6, 6.07) is 7.09. The van der Waals surface area contributed by atoms with Gasteiger partial charge in [0.1, 0.15) is 5.75 Å². The standard InChI is InChI=1S/C16H21NO4/c1-11(2)21-14-5-3-13(4-6-14)16(20)17-8-7-12(10-17)9-15(18)19/h3-6,11-12H,7-10H2,1-2H3,(H,18,19). The number of aliphatic carboxylic acids is 1. The first kappa shape index (κ1) is 15.4. The Hall–Kier alpha value is -2.04. The molecule has 1 heterocycles. The van der Waals surface area contributed by atoms with Gasteiger partial charge in [0.25, 0.3) is 5.91 Å². The topological polar surface area (TPSA) is 66.8 Å². The van der Waals surface area contributed by atoms with Crippen molar-refractivity contribution in [2.75, 3.05) is 13.1 Å². The van der Waals surface area contributed by atoms with Crippen molar-refractivity contribution in [3.05, 3.63) is 29.8 Å². The van der Waals surface area contributed by atoms with Crippen LogP contribution in [-0.2, 0) is 4.79 Å². The highest BCUT2D eigenvalue weighted by atomic mass is 16.5. The van der Waals surface area contributed by atoms with Gasteiger partial charge in [-0.3, -0.25) is 9.59 Å². The van der Waals surface area contributed by atoms with Gasteiger partial charge in [-0.25, -0.2) is 0 Å². The number of hydrogen-bond donors (Lipinski definition) is 1. The molecule has 1 saturated heterocycles. The van der Waals surface area contributed by atoms with Crippen LogP contribution in [0.5, 0.6) is 5.75 Å². The van der Waals surface area contributed by atoms with Crippen LogP contribution in [0.15, 0.2) is 24.3 Å². The highest BCUT2D eigenvalue weighted by Gasteiger charge is 2.28. The van der Waals surface area contributed by atoms with E-state index in [1.165, 1.54) is 0 Å². The summed E-state index contributed by atoms with van der Waals surface area (Å²) in [5, 5.41) is 8.80. The van der Waals surface area contributed by atoms with E-state index in [1.54, 1.807) is 29.2 Å². The fourth-order valence-electron chi connectivity index (χ4n) is 2.56. The third-order valence-electron chi connectivity index (χ3n) is 3.51. The van der Waals surface area contributed by atoms with Crippen molar-refractivity contribution in [3.8, 4) is 5.75 Å². The van der Waals surface area contributed by atoms with E-state index < -0.39 is 5.97 Å². The Bertz CT molecular complexity index is 510. The predicted octanol–water partition coefficient (Wildman–Crippen LogP) is 2.41. The average molecular weight is 291 g/mol. The molecule has 21 heavy (non-hydrogen) atoms. The molecule has 1 aromatic rings. The SMILES string of the molecule is CC(C)Oc1ccc(C(=O)N2CCC(CC(=O)O)C2)cc1. The van der Waals surface area contributed by atoms with Crippen LogP contribution in [0.1, 0.15) is 37.0 Å². The second-order valence-electron chi connectivity index (χ2n) is 5.69. The van der Waals surface area contributed by atoms with Crippen molar-refractivity contribution in [2.45, 2.75) is 32.8 Å². The smallest absolute Gasteiger partial charge is 0.303 e. The van der Waals surface area contributed by atoms with E-state index in [0.717, 1.165) is 12.2 Å². The number of ether oxygens (including phenoxy) is 1. The Labute approximate surface area is 124 Å². The number of hydrogen-bond acceptors (Lipinski definition) is 3. The molecule has 0 bridgehead atoms. The lowest BCUT2D eigenvalue weighted by Crippen LogP contribution is -2.28. The molecule has 1 aliphatic heterocycles. The largest absolute Gasteiger partial charge is 0.491 e. The third kappa shape index (κ3) is 4.21. The maximum Gasteiger partial charge on any atom is 0.303 e. The minimum Gasteiger partial charge on any atom is -0.491 e. The van der Waals surface area contributed by atoms with E-state index in [-0.39, 0.29) is 24.3 Å². The van der Waals surface area contributed by atoms with Crippen molar-refractivity contribution in [2.24, 2.45) is 5.92 Å². The number of likely N-dealkylation sites (tertiary alicyclic amines) is 1. The molecule has 5 heteroatoms. The summed E-state index contributed by atoms with van der Waals surface area (Å²) in [5.74, 6) is -0.0369. The van der Waals surface area contributed by atoms with Crippen molar-refractivity contribution in [1.29, 1.82) is 0 Å². The quantitative estimate of drug-likeness (QED) is 0.904. The molecule has 1 aliphatic rings.